The highest BCUT2D eigenvalue weighted by Crippen LogP contribution is 2.30. The van der Waals surface area contributed by atoms with Gasteiger partial charge in [-0.3, -0.25) is 0 Å². The van der Waals surface area contributed by atoms with E-state index in [4.69, 9.17) is 5.73 Å². The fraction of sp³-hybridized carbons (Fsp3) is 0.533. The van der Waals surface area contributed by atoms with Crippen molar-refractivity contribution in [2.45, 2.75) is 52.0 Å². The predicted octanol–water partition coefficient (Wildman–Crippen LogP) is 4.89. The zero-order valence-corrected chi connectivity index (χ0v) is 14.2. The van der Waals surface area contributed by atoms with Gasteiger partial charge < -0.3 is 10.3 Å². The molecule has 0 saturated carbocycles. The second-order valence-electron chi connectivity index (χ2n) is 5.18. The first-order valence-corrected chi connectivity index (χ1v) is 8.28. The average Bonchev–Trinajstić information content (AvgIpc) is 2.71. The van der Waals surface area contributed by atoms with E-state index in [0.29, 0.717) is 15.6 Å². The first-order chi connectivity index (χ1) is 9.58. The molecule has 0 fully saturated rings. The average molecular weight is 389 g/mol. The van der Waals surface area contributed by atoms with Crippen molar-refractivity contribution in [3.63, 3.8) is 0 Å². The van der Waals surface area contributed by atoms with Crippen LogP contribution in [-0.2, 0) is 0 Å². The minimum atomic E-state index is -0.204. The third-order valence-electron chi connectivity index (χ3n) is 3.64. The van der Waals surface area contributed by atoms with Gasteiger partial charge in [0.1, 0.15) is 5.82 Å². The summed E-state index contributed by atoms with van der Waals surface area (Å²) in [5.74, 6) is 0.293. The molecule has 2 rings (SSSR count). The van der Waals surface area contributed by atoms with Gasteiger partial charge in [-0.25, -0.2) is 9.37 Å². The Labute approximate surface area is 132 Å². The summed E-state index contributed by atoms with van der Waals surface area (Å²) in [5, 5.41) is 0. The molecule has 110 valence electrons. The number of fused-ring (bicyclic) bond motifs is 1. The predicted molar refractivity (Wildman–Crippen MR) is 90.3 cm³/mol. The van der Waals surface area contributed by atoms with Crippen molar-refractivity contribution < 1.29 is 4.39 Å². The van der Waals surface area contributed by atoms with E-state index in [1.807, 2.05) is 27.2 Å². The summed E-state index contributed by atoms with van der Waals surface area (Å²) in [4.78, 5) is 4.40. The van der Waals surface area contributed by atoms with Crippen molar-refractivity contribution >= 4 is 39.6 Å². The Morgan fingerprint density at radius 3 is 2.70 bits per heavy atom. The normalized spacial score (nSPS) is 13.0. The minimum absolute atomic E-state index is 0.204. The van der Waals surface area contributed by atoms with Gasteiger partial charge in [-0.1, -0.05) is 33.1 Å². The third kappa shape index (κ3) is 3.07. The molecule has 0 spiro atoms. The first kappa shape index (κ1) is 15.5. The number of nitrogen functional groups attached to an aromatic ring is 1. The molecule has 0 aliphatic carbocycles. The number of anilines is 1. The number of hydrogen-bond acceptors (Lipinski definition) is 2. The van der Waals surface area contributed by atoms with Crippen molar-refractivity contribution in [2.75, 3.05) is 5.73 Å². The molecule has 2 N–H and O–H groups in total. The molecule has 0 amide bonds. The molecular weight excluding hydrogens is 368 g/mol. The number of unbranched alkanes of at least 4 members (excludes halogenated alkanes) is 1. The SMILES string of the molecule is CCCCC(CCC)n1c(N)nc2cc(I)c(F)cc21. The van der Waals surface area contributed by atoms with Crippen LogP contribution in [0.15, 0.2) is 12.1 Å². The van der Waals surface area contributed by atoms with Gasteiger partial charge in [0.2, 0.25) is 5.95 Å². The molecule has 1 atom stereocenters. The fourth-order valence-corrected chi connectivity index (χ4v) is 3.12. The summed E-state index contributed by atoms with van der Waals surface area (Å²) >= 11 is 1.98. The number of imidazole rings is 1. The van der Waals surface area contributed by atoms with Crippen molar-refractivity contribution in [1.29, 1.82) is 0 Å². The van der Waals surface area contributed by atoms with Crippen molar-refractivity contribution in [3.8, 4) is 0 Å². The van der Waals surface area contributed by atoms with Gasteiger partial charge in [-0.15, -0.1) is 0 Å². The van der Waals surface area contributed by atoms with Crippen LogP contribution in [0.5, 0.6) is 0 Å². The number of nitrogens with two attached hydrogens (primary N) is 1. The molecule has 1 aromatic carbocycles. The Balaban J connectivity index is 2.49. The molecule has 0 saturated heterocycles. The summed E-state index contributed by atoms with van der Waals surface area (Å²) in [6, 6.07) is 3.64. The van der Waals surface area contributed by atoms with E-state index in [9.17, 15) is 4.39 Å². The maximum Gasteiger partial charge on any atom is 0.201 e. The summed E-state index contributed by atoms with van der Waals surface area (Å²) in [7, 11) is 0. The van der Waals surface area contributed by atoms with Crippen LogP contribution < -0.4 is 5.73 Å². The Kier molecular flexibility index (Phi) is 5.23. The zero-order valence-electron chi connectivity index (χ0n) is 12.0. The molecule has 0 radical (unpaired) electrons. The van der Waals surface area contributed by atoms with Gasteiger partial charge in [0.15, 0.2) is 0 Å². The molecule has 3 nitrogen and oxygen atoms in total. The summed E-state index contributed by atoms with van der Waals surface area (Å²) in [5.41, 5.74) is 7.68. The lowest BCUT2D eigenvalue weighted by Crippen LogP contribution is -2.12. The molecule has 2 aromatic rings. The highest BCUT2D eigenvalue weighted by molar-refractivity contribution is 14.1. The van der Waals surface area contributed by atoms with E-state index in [1.54, 1.807) is 12.1 Å². The minimum Gasteiger partial charge on any atom is -0.369 e. The van der Waals surface area contributed by atoms with Crippen LogP contribution >= 0.6 is 22.6 Å². The Morgan fingerprint density at radius 1 is 1.30 bits per heavy atom. The second kappa shape index (κ2) is 6.74. The lowest BCUT2D eigenvalue weighted by molar-refractivity contribution is 0.430. The van der Waals surface area contributed by atoms with Crippen molar-refractivity contribution in [1.82, 2.24) is 9.55 Å². The molecule has 0 aliphatic heterocycles. The summed E-state index contributed by atoms with van der Waals surface area (Å²) in [6.07, 6.45) is 5.49. The van der Waals surface area contributed by atoms with Crippen LogP contribution in [0.1, 0.15) is 52.0 Å². The Bertz CT molecular complexity index is 594. The number of halogens is 2. The molecular formula is C15H21FIN3. The van der Waals surface area contributed by atoms with Crippen LogP contribution in [-0.4, -0.2) is 9.55 Å². The van der Waals surface area contributed by atoms with Crippen LogP contribution in [0.4, 0.5) is 10.3 Å². The first-order valence-electron chi connectivity index (χ1n) is 7.20. The van der Waals surface area contributed by atoms with Crippen LogP contribution in [0, 0.1) is 9.39 Å². The third-order valence-corrected chi connectivity index (χ3v) is 4.46. The van der Waals surface area contributed by atoms with Gasteiger partial charge in [0, 0.05) is 12.1 Å². The molecule has 5 heteroatoms. The number of rotatable bonds is 6. The molecule has 0 aliphatic rings. The summed E-state index contributed by atoms with van der Waals surface area (Å²) in [6.45, 7) is 4.35. The van der Waals surface area contributed by atoms with E-state index >= 15 is 0 Å². The lowest BCUT2D eigenvalue weighted by atomic mass is 10.0. The number of hydrogen-bond donors (Lipinski definition) is 1. The smallest absolute Gasteiger partial charge is 0.201 e. The highest BCUT2D eigenvalue weighted by Gasteiger charge is 2.18. The standard InChI is InChI=1S/C15H21FIN3/c1-3-5-7-10(6-4-2)20-14-8-11(16)12(17)9-13(14)19-15(20)18/h8-10H,3-7H2,1-2H3,(H2,18,19). The quantitative estimate of drug-likeness (QED) is 0.715. The van der Waals surface area contributed by atoms with Crippen LogP contribution in [0.3, 0.4) is 0 Å². The largest absolute Gasteiger partial charge is 0.369 e. The van der Waals surface area contributed by atoms with Gasteiger partial charge >= 0.3 is 0 Å². The van der Waals surface area contributed by atoms with Crippen LogP contribution in [0.2, 0.25) is 0 Å². The van der Waals surface area contributed by atoms with E-state index in [-0.39, 0.29) is 5.82 Å². The molecule has 1 unspecified atom stereocenters. The summed E-state index contributed by atoms with van der Waals surface area (Å²) < 4.78 is 16.5. The molecule has 0 bridgehead atoms. The van der Waals surface area contributed by atoms with E-state index in [0.717, 1.165) is 43.1 Å². The molecule has 20 heavy (non-hydrogen) atoms. The van der Waals surface area contributed by atoms with Crippen molar-refractivity contribution in [2.24, 2.45) is 0 Å². The second-order valence-corrected chi connectivity index (χ2v) is 6.34. The molecule has 1 aromatic heterocycles. The maximum absolute atomic E-state index is 13.8. The molecule has 1 heterocycles. The fourth-order valence-electron chi connectivity index (χ4n) is 2.67. The zero-order chi connectivity index (χ0) is 14.7. The monoisotopic (exact) mass is 389 g/mol. The highest BCUT2D eigenvalue weighted by atomic mass is 127. The number of nitrogens with zero attached hydrogens (tertiary/aromatic N) is 2. The van der Waals surface area contributed by atoms with E-state index < -0.39 is 0 Å². The van der Waals surface area contributed by atoms with Gasteiger partial charge in [0.05, 0.1) is 14.6 Å². The maximum atomic E-state index is 13.8. The van der Waals surface area contributed by atoms with Gasteiger partial charge in [0.25, 0.3) is 0 Å². The number of aromatic nitrogens is 2. The topological polar surface area (TPSA) is 43.8 Å². The number of benzene rings is 1. The Hall–Kier alpha value is -0.850. The van der Waals surface area contributed by atoms with Crippen LogP contribution in [0.25, 0.3) is 11.0 Å². The lowest BCUT2D eigenvalue weighted by Gasteiger charge is -2.20. The van der Waals surface area contributed by atoms with E-state index in [2.05, 4.69) is 18.8 Å². The Morgan fingerprint density at radius 2 is 2.05 bits per heavy atom. The van der Waals surface area contributed by atoms with E-state index in [1.165, 1.54) is 0 Å². The van der Waals surface area contributed by atoms with Crippen molar-refractivity contribution in [3.05, 3.63) is 21.5 Å². The van der Waals surface area contributed by atoms with Gasteiger partial charge in [-0.2, -0.15) is 0 Å². The van der Waals surface area contributed by atoms with Gasteiger partial charge in [-0.05, 0) is 41.5 Å².